The van der Waals surface area contributed by atoms with Crippen LogP contribution in [0.3, 0.4) is 0 Å². The van der Waals surface area contributed by atoms with Crippen LogP contribution >= 0.6 is 31.9 Å². The summed E-state index contributed by atoms with van der Waals surface area (Å²) in [5, 5.41) is 5.71. The third-order valence-electron chi connectivity index (χ3n) is 2.64. The number of hydrogen-bond donors (Lipinski definition) is 1. The van der Waals surface area contributed by atoms with Gasteiger partial charge < -0.3 is 5.32 Å². The molecule has 1 heterocycles. The van der Waals surface area contributed by atoms with Crippen molar-refractivity contribution in [1.29, 1.82) is 0 Å². The number of amides is 1. The maximum Gasteiger partial charge on any atom is 0.226 e. The number of aromatic nitrogens is 2. The summed E-state index contributed by atoms with van der Waals surface area (Å²) >= 11 is 5.55. The molecule has 0 spiro atoms. The Hall–Kier alpha value is -1.42. The maximum absolute atomic E-state index is 13.6. The monoisotopic (exact) mass is 443 g/mol. The molecule has 1 aromatic carbocycles. The van der Waals surface area contributed by atoms with Gasteiger partial charge in [0.15, 0.2) is 23.3 Å². The minimum Gasteiger partial charge on any atom is -0.321 e. The van der Waals surface area contributed by atoms with Gasteiger partial charge in [0.25, 0.3) is 0 Å². The number of hydrogen-bond acceptors (Lipinski definition) is 2. The molecule has 118 valence electrons. The molecule has 0 bridgehead atoms. The Labute approximate surface area is 138 Å². The molecule has 0 aliphatic heterocycles. The lowest BCUT2D eigenvalue weighted by Gasteiger charge is -2.10. The fraction of sp³-hybridized carbons (Fsp3) is 0.167. The van der Waals surface area contributed by atoms with Crippen molar-refractivity contribution in [2.24, 2.45) is 0 Å². The molecule has 0 saturated heterocycles. The number of benzene rings is 1. The van der Waals surface area contributed by atoms with Crippen LogP contribution in [0.2, 0.25) is 0 Å². The van der Waals surface area contributed by atoms with Gasteiger partial charge in [0.1, 0.15) is 5.69 Å². The van der Waals surface area contributed by atoms with Crippen LogP contribution in [-0.2, 0) is 11.3 Å². The highest BCUT2D eigenvalue weighted by Crippen LogP contribution is 2.31. The second kappa shape index (κ2) is 6.78. The van der Waals surface area contributed by atoms with Crippen LogP contribution in [0.1, 0.15) is 6.42 Å². The van der Waals surface area contributed by atoms with Crippen molar-refractivity contribution in [3.05, 3.63) is 44.6 Å². The van der Waals surface area contributed by atoms with Gasteiger partial charge >= 0.3 is 0 Å². The average Bonchev–Trinajstić information content (AvgIpc) is 2.91. The minimum atomic E-state index is -1.68. The third kappa shape index (κ3) is 3.49. The van der Waals surface area contributed by atoms with Crippen LogP contribution in [0, 0.1) is 23.3 Å². The van der Waals surface area contributed by atoms with Crippen molar-refractivity contribution in [3.8, 4) is 0 Å². The lowest BCUT2D eigenvalue weighted by atomic mass is 10.2. The highest BCUT2D eigenvalue weighted by molar-refractivity contribution is 9.10. The van der Waals surface area contributed by atoms with Crippen molar-refractivity contribution in [1.82, 2.24) is 9.78 Å². The Bertz CT molecular complexity index is 706. The smallest absolute Gasteiger partial charge is 0.226 e. The number of halogens is 6. The van der Waals surface area contributed by atoms with Gasteiger partial charge in [-0.25, -0.2) is 17.6 Å². The first-order valence-corrected chi connectivity index (χ1v) is 7.39. The molecule has 4 nitrogen and oxygen atoms in total. The van der Waals surface area contributed by atoms with Gasteiger partial charge in [-0.3, -0.25) is 9.48 Å². The normalized spacial score (nSPS) is 10.8. The van der Waals surface area contributed by atoms with Gasteiger partial charge in [-0.2, -0.15) is 5.10 Å². The van der Waals surface area contributed by atoms with E-state index in [-0.39, 0.29) is 13.0 Å². The van der Waals surface area contributed by atoms with Crippen molar-refractivity contribution in [3.63, 3.8) is 0 Å². The molecule has 1 aromatic heterocycles. The molecule has 0 saturated carbocycles. The molecule has 1 amide bonds. The number of carbonyl (C=O) groups excluding carboxylic acids is 1. The quantitative estimate of drug-likeness (QED) is 0.440. The molecule has 1 N–H and O–H groups in total. The molecule has 2 aromatic rings. The van der Waals surface area contributed by atoms with Crippen molar-refractivity contribution in [2.45, 2.75) is 13.0 Å². The Morgan fingerprint density at radius 3 is 2.23 bits per heavy atom. The summed E-state index contributed by atoms with van der Waals surface area (Å²) in [5.41, 5.74) is -1.16. The topological polar surface area (TPSA) is 46.9 Å². The molecular formula is C12H7Br2F4N3O. The van der Waals surface area contributed by atoms with E-state index in [9.17, 15) is 22.4 Å². The first kappa shape index (κ1) is 16.9. The molecule has 2 rings (SSSR count). The minimum absolute atomic E-state index is 0.127. The molecule has 0 atom stereocenters. The Balaban J connectivity index is 2.12. The highest BCUT2D eigenvalue weighted by Gasteiger charge is 2.25. The zero-order valence-electron chi connectivity index (χ0n) is 10.6. The van der Waals surface area contributed by atoms with Gasteiger partial charge in [0, 0.05) is 19.2 Å². The first-order chi connectivity index (χ1) is 10.3. The Kier molecular flexibility index (Phi) is 5.22. The second-order valence-corrected chi connectivity index (χ2v) is 5.87. The van der Waals surface area contributed by atoms with E-state index >= 15 is 0 Å². The number of nitrogens with one attached hydrogen (secondary N) is 1. The summed E-state index contributed by atoms with van der Waals surface area (Å²) in [6.45, 7) is 0.127. The predicted molar refractivity (Wildman–Crippen MR) is 77.1 cm³/mol. The van der Waals surface area contributed by atoms with Gasteiger partial charge in [0.05, 0.1) is 15.1 Å². The summed E-state index contributed by atoms with van der Waals surface area (Å²) in [5.74, 6) is -7.41. The summed E-state index contributed by atoms with van der Waals surface area (Å²) in [6, 6.07) is 0. The van der Waals surface area contributed by atoms with Gasteiger partial charge in [-0.05, 0) is 31.9 Å². The van der Waals surface area contributed by atoms with E-state index in [4.69, 9.17) is 0 Å². The van der Waals surface area contributed by atoms with Crippen LogP contribution in [-0.4, -0.2) is 15.7 Å². The molecule has 0 unspecified atom stereocenters. The van der Waals surface area contributed by atoms with E-state index in [1.54, 1.807) is 6.20 Å². The van der Waals surface area contributed by atoms with Crippen molar-refractivity contribution in [2.75, 3.05) is 5.32 Å². The zero-order valence-corrected chi connectivity index (χ0v) is 13.8. The second-order valence-electron chi connectivity index (χ2n) is 4.16. The lowest BCUT2D eigenvalue weighted by molar-refractivity contribution is -0.116. The van der Waals surface area contributed by atoms with Gasteiger partial charge in [-0.15, -0.1) is 0 Å². The van der Waals surface area contributed by atoms with E-state index in [1.165, 1.54) is 10.9 Å². The van der Waals surface area contributed by atoms with Crippen LogP contribution in [0.15, 0.2) is 21.3 Å². The number of carbonyl (C=O) groups is 1. The van der Waals surface area contributed by atoms with E-state index in [1.807, 2.05) is 5.32 Å². The first-order valence-electron chi connectivity index (χ1n) is 5.80. The Morgan fingerprint density at radius 1 is 1.14 bits per heavy atom. The predicted octanol–water partition coefficient (Wildman–Crippen LogP) is 3.99. The summed E-state index contributed by atoms with van der Waals surface area (Å²) in [6.07, 6.45) is 2.90. The lowest BCUT2D eigenvalue weighted by Crippen LogP contribution is -2.18. The fourth-order valence-corrected chi connectivity index (χ4v) is 2.27. The SMILES string of the molecule is O=C(CCn1cc(Br)cn1)Nc1c(F)c(F)c(Br)c(F)c1F. The van der Waals surface area contributed by atoms with E-state index in [2.05, 4.69) is 37.0 Å². The van der Waals surface area contributed by atoms with Crippen LogP contribution in [0.4, 0.5) is 23.2 Å². The van der Waals surface area contributed by atoms with Crippen LogP contribution in [0.25, 0.3) is 0 Å². The molecule has 0 aliphatic carbocycles. The number of aryl methyl sites for hydroxylation is 1. The van der Waals surface area contributed by atoms with Crippen LogP contribution < -0.4 is 5.32 Å². The zero-order chi connectivity index (χ0) is 16.4. The number of nitrogens with zero attached hydrogens (tertiary/aromatic N) is 2. The third-order valence-corrected chi connectivity index (χ3v) is 3.75. The summed E-state index contributed by atoms with van der Waals surface area (Å²) < 4.78 is 55.0. The standard InChI is InChI=1S/C12H7Br2F4N3O/c13-5-3-19-21(4-5)2-1-6(22)20-12-10(17)8(15)7(14)9(16)11(12)18/h3-4H,1-2H2,(H,20,22). The fourth-order valence-electron chi connectivity index (χ4n) is 1.59. The largest absolute Gasteiger partial charge is 0.321 e. The van der Waals surface area contributed by atoms with E-state index in [0.717, 1.165) is 0 Å². The van der Waals surface area contributed by atoms with E-state index < -0.39 is 39.3 Å². The Morgan fingerprint density at radius 2 is 1.73 bits per heavy atom. The van der Waals surface area contributed by atoms with Gasteiger partial charge in [0.2, 0.25) is 5.91 Å². The summed E-state index contributed by atoms with van der Waals surface area (Å²) in [4.78, 5) is 11.7. The molecular weight excluding hydrogens is 438 g/mol. The number of anilines is 1. The molecule has 0 aliphatic rings. The summed E-state index contributed by atoms with van der Waals surface area (Å²) in [7, 11) is 0. The molecule has 10 heteroatoms. The average molecular weight is 445 g/mol. The maximum atomic E-state index is 13.6. The highest BCUT2D eigenvalue weighted by atomic mass is 79.9. The van der Waals surface area contributed by atoms with Crippen molar-refractivity contribution >= 4 is 43.5 Å². The molecule has 0 fully saturated rings. The van der Waals surface area contributed by atoms with Crippen molar-refractivity contribution < 1.29 is 22.4 Å². The van der Waals surface area contributed by atoms with Crippen LogP contribution in [0.5, 0.6) is 0 Å². The number of rotatable bonds is 4. The molecule has 0 radical (unpaired) electrons. The van der Waals surface area contributed by atoms with E-state index in [0.29, 0.717) is 4.47 Å². The van der Waals surface area contributed by atoms with Gasteiger partial charge in [-0.1, -0.05) is 0 Å². The molecule has 22 heavy (non-hydrogen) atoms.